The van der Waals surface area contributed by atoms with E-state index in [0.717, 1.165) is 9.32 Å². The molecule has 4 nitrogen and oxygen atoms in total. The summed E-state index contributed by atoms with van der Waals surface area (Å²) in [6, 6.07) is 6.81. The van der Waals surface area contributed by atoms with Crippen molar-refractivity contribution >= 4 is 28.4 Å². The third kappa shape index (κ3) is 2.72. The summed E-state index contributed by atoms with van der Waals surface area (Å²) < 4.78 is 7.76. The summed E-state index contributed by atoms with van der Waals surface area (Å²) in [5.41, 5.74) is 0.661. The number of carbonyl (C=O) groups is 1. The minimum atomic E-state index is -0.304. The quantitative estimate of drug-likeness (QED) is 0.625. The van der Waals surface area contributed by atoms with Crippen LogP contribution in [0.25, 0.3) is 0 Å². The maximum Gasteiger partial charge on any atom is 0.187 e. The molecule has 1 heterocycles. The number of ether oxygens (including phenoxy) is 1. The highest BCUT2D eigenvalue weighted by atomic mass is 127. The van der Waals surface area contributed by atoms with Gasteiger partial charge in [-0.2, -0.15) is 5.10 Å². The van der Waals surface area contributed by atoms with E-state index in [1.165, 1.54) is 0 Å². The predicted molar refractivity (Wildman–Crippen MR) is 77.0 cm³/mol. The Morgan fingerprint density at radius 1 is 1.39 bits per heavy atom. The molecule has 2 rings (SSSR count). The Hall–Kier alpha value is -1.37. The van der Waals surface area contributed by atoms with Gasteiger partial charge in [0.15, 0.2) is 5.78 Å². The van der Waals surface area contributed by atoms with Gasteiger partial charge in [0.1, 0.15) is 11.8 Å². The lowest BCUT2D eigenvalue weighted by Crippen LogP contribution is -2.17. The number of ketones is 1. The summed E-state index contributed by atoms with van der Waals surface area (Å²) in [5, 5.41) is 4.16. The number of nitrogens with zero attached hydrogens (tertiary/aromatic N) is 2. The maximum atomic E-state index is 12.2. The van der Waals surface area contributed by atoms with Gasteiger partial charge in [-0.1, -0.05) is 0 Å². The number of aromatic nitrogens is 2. The van der Waals surface area contributed by atoms with E-state index in [2.05, 4.69) is 27.7 Å². The Morgan fingerprint density at radius 3 is 2.56 bits per heavy atom. The molecule has 0 N–H and O–H groups in total. The van der Waals surface area contributed by atoms with Crippen molar-refractivity contribution in [2.75, 3.05) is 7.11 Å². The molecule has 0 fully saturated rings. The molecule has 0 aliphatic carbocycles. The van der Waals surface area contributed by atoms with Crippen LogP contribution in [0.4, 0.5) is 0 Å². The molecule has 5 heteroatoms. The zero-order valence-corrected chi connectivity index (χ0v) is 12.3. The van der Waals surface area contributed by atoms with Crippen LogP contribution < -0.4 is 4.74 Å². The third-order valence-electron chi connectivity index (χ3n) is 2.72. The van der Waals surface area contributed by atoms with Crippen molar-refractivity contribution in [1.82, 2.24) is 9.78 Å². The molecule has 0 bridgehead atoms. The van der Waals surface area contributed by atoms with Crippen molar-refractivity contribution in [3.8, 4) is 5.75 Å². The number of rotatable bonds is 4. The molecular formula is C13H13IN2O2. The number of hydrogen-bond donors (Lipinski definition) is 0. The number of benzene rings is 1. The van der Waals surface area contributed by atoms with Crippen molar-refractivity contribution in [2.24, 2.45) is 0 Å². The fraction of sp³-hybridized carbons (Fsp3) is 0.231. The molecule has 1 aromatic carbocycles. The molecular weight excluding hydrogens is 343 g/mol. The number of methoxy groups -OCH3 is 1. The molecule has 0 saturated heterocycles. The summed E-state index contributed by atoms with van der Waals surface area (Å²) in [4.78, 5) is 12.2. The van der Waals surface area contributed by atoms with E-state index in [4.69, 9.17) is 4.74 Å². The van der Waals surface area contributed by atoms with Crippen LogP contribution in [0.2, 0.25) is 0 Å². The van der Waals surface area contributed by atoms with Gasteiger partial charge in [-0.05, 0) is 53.8 Å². The van der Waals surface area contributed by atoms with Crippen LogP contribution in [0.5, 0.6) is 5.75 Å². The molecule has 0 radical (unpaired) electrons. The summed E-state index contributed by atoms with van der Waals surface area (Å²) in [6.45, 7) is 1.84. The second-order valence-corrected chi connectivity index (χ2v) is 5.15. The highest BCUT2D eigenvalue weighted by Gasteiger charge is 2.17. The zero-order valence-electron chi connectivity index (χ0n) is 10.1. The molecule has 0 saturated carbocycles. The van der Waals surface area contributed by atoms with Crippen molar-refractivity contribution in [1.29, 1.82) is 0 Å². The van der Waals surface area contributed by atoms with Gasteiger partial charge in [0, 0.05) is 11.8 Å². The standard InChI is InChI=1S/C13H13IN2O2/c1-9(16-8-11(14)7-15-16)13(17)10-3-5-12(18-2)6-4-10/h3-9H,1-2H3. The first kappa shape index (κ1) is 13.1. The fourth-order valence-corrected chi connectivity index (χ4v) is 2.05. The van der Waals surface area contributed by atoms with Gasteiger partial charge in [-0.25, -0.2) is 0 Å². The summed E-state index contributed by atoms with van der Waals surface area (Å²) in [7, 11) is 1.60. The van der Waals surface area contributed by atoms with E-state index in [1.807, 2.05) is 13.1 Å². The molecule has 1 atom stereocenters. The molecule has 1 unspecified atom stereocenters. The topological polar surface area (TPSA) is 44.1 Å². The maximum absolute atomic E-state index is 12.2. The Bertz CT molecular complexity index is 548. The fourth-order valence-electron chi connectivity index (χ4n) is 1.64. The smallest absolute Gasteiger partial charge is 0.187 e. The molecule has 2 aromatic rings. The van der Waals surface area contributed by atoms with Crippen LogP contribution in [0.3, 0.4) is 0 Å². The Balaban J connectivity index is 2.19. The Labute approximate surface area is 119 Å². The monoisotopic (exact) mass is 356 g/mol. The lowest BCUT2D eigenvalue weighted by Gasteiger charge is -2.11. The minimum absolute atomic E-state index is 0.0390. The lowest BCUT2D eigenvalue weighted by atomic mass is 10.1. The van der Waals surface area contributed by atoms with Crippen molar-refractivity contribution in [2.45, 2.75) is 13.0 Å². The molecule has 0 aliphatic rings. The highest BCUT2D eigenvalue weighted by Crippen LogP contribution is 2.17. The number of carbonyl (C=O) groups excluding carboxylic acids is 1. The first-order chi connectivity index (χ1) is 8.61. The van der Waals surface area contributed by atoms with E-state index >= 15 is 0 Å². The second-order valence-electron chi connectivity index (χ2n) is 3.91. The SMILES string of the molecule is COc1ccc(C(=O)C(C)n2cc(I)cn2)cc1. The van der Waals surface area contributed by atoms with Crippen molar-refractivity contribution in [3.05, 3.63) is 45.8 Å². The van der Waals surface area contributed by atoms with Crippen LogP contribution in [-0.2, 0) is 0 Å². The van der Waals surface area contributed by atoms with Gasteiger partial charge in [-0.3, -0.25) is 9.48 Å². The zero-order chi connectivity index (χ0) is 13.1. The molecule has 1 aromatic heterocycles. The minimum Gasteiger partial charge on any atom is -0.497 e. The van der Waals surface area contributed by atoms with E-state index in [1.54, 1.807) is 42.3 Å². The number of hydrogen-bond acceptors (Lipinski definition) is 3. The average Bonchev–Trinajstić information content (AvgIpc) is 2.84. The lowest BCUT2D eigenvalue weighted by molar-refractivity contribution is 0.0928. The van der Waals surface area contributed by atoms with Crippen LogP contribution in [0.1, 0.15) is 23.3 Å². The molecule has 0 aliphatic heterocycles. The van der Waals surface area contributed by atoms with Crippen LogP contribution in [0.15, 0.2) is 36.7 Å². The van der Waals surface area contributed by atoms with Crippen LogP contribution >= 0.6 is 22.6 Å². The van der Waals surface area contributed by atoms with Gasteiger partial charge in [0.25, 0.3) is 0 Å². The Kier molecular flexibility index (Phi) is 4.00. The van der Waals surface area contributed by atoms with Gasteiger partial charge >= 0.3 is 0 Å². The first-order valence-electron chi connectivity index (χ1n) is 5.49. The number of Topliss-reactive ketones (excluding diaryl/α,β-unsaturated/α-hetero) is 1. The van der Waals surface area contributed by atoms with E-state index in [9.17, 15) is 4.79 Å². The van der Waals surface area contributed by atoms with Gasteiger partial charge < -0.3 is 4.74 Å². The predicted octanol–water partition coefficient (Wildman–Crippen LogP) is 2.94. The summed E-state index contributed by atoms with van der Waals surface area (Å²) in [5.74, 6) is 0.782. The van der Waals surface area contributed by atoms with E-state index < -0.39 is 0 Å². The third-order valence-corrected chi connectivity index (χ3v) is 3.28. The largest absolute Gasteiger partial charge is 0.497 e. The molecule has 0 amide bonds. The van der Waals surface area contributed by atoms with E-state index in [0.29, 0.717) is 5.56 Å². The average molecular weight is 356 g/mol. The van der Waals surface area contributed by atoms with Crippen LogP contribution in [0, 0.1) is 3.57 Å². The van der Waals surface area contributed by atoms with Crippen molar-refractivity contribution < 1.29 is 9.53 Å². The normalized spacial score (nSPS) is 12.2. The van der Waals surface area contributed by atoms with Gasteiger partial charge in [-0.15, -0.1) is 0 Å². The van der Waals surface area contributed by atoms with Crippen LogP contribution in [-0.4, -0.2) is 22.7 Å². The molecule has 18 heavy (non-hydrogen) atoms. The van der Waals surface area contributed by atoms with Gasteiger partial charge in [0.05, 0.1) is 16.9 Å². The molecule has 94 valence electrons. The van der Waals surface area contributed by atoms with E-state index in [-0.39, 0.29) is 11.8 Å². The molecule has 0 spiro atoms. The van der Waals surface area contributed by atoms with Crippen molar-refractivity contribution in [3.63, 3.8) is 0 Å². The first-order valence-corrected chi connectivity index (χ1v) is 6.57. The van der Waals surface area contributed by atoms with Gasteiger partial charge in [0.2, 0.25) is 0 Å². The Morgan fingerprint density at radius 2 is 2.06 bits per heavy atom. The second kappa shape index (κ2) is 5.51. The summed E-state index contributed by atoms with van der Waals surface area (Å²) in [6.07, 6.45) is 3.59. The summed E-state index contributed by atoms with van der Waals surface area (Å²) >= 11 is 2.17. The number of halogens is 1. The highest BCUT2D eigenvalue weighted by molar-refractivity contribution is 14.1.